The molecule has 0 saturated heterocycles. The zero-order valence-corrected chi connectivity index (χ0v) is 11.8. The molecule has 0 saturated carbocycles. The number of imide groups is 1. The van der Waals surface area contributed by atoms with Crippen molar-refractivity contribution in [3.8, 4) is 5.75 Å². The number of alkyl halides is 2. The predicted octanol–water partition coefficient (Wildman–Crippen LogP) is 1.60. The van der Waals surface area contributed by atoms with Crippen LogP contribution >= 0.6 is 11.6 Å². The molecular weight excluding hydrogens is 322 g/mol. The first-order valence-electron chi connectivity index (χ1n) is 6.12. The van der Waals surface area contributed by atoms with Crippen LogP contribution in [-0.2, 0) is 9.59 Å². The summed E-state index contributed by atoms with van der Waals surface area (Å²) in [6, 6.07) is 4.19. The highest BCUT2D eigenvalue weighted by Gasteiger charge is 2.31. The van der Waals surface area contributed by atoms with Crippen molar-refractivity contribution in [3.05, 3.63) is 35.0 Å². The Hall–Kier alpha value is -2.19. The maximum Gasteiger partial charge on any atom is 0.387 e. The summed E-state index contributed by atoms with van der Waals surface area (Å²) in [7, 11) is 0. The number of para-hydroxylation sites is 1. The molecule has 0 bridgehead atoms. The zero-order chi connectivity index (χ0) is 16.3. The Morgan fingerprint density at radius 3 is 2.73 bits per heavy atom. The molecule has 0 radical (unpaired) electrons. The second-order valence-electron chi connectivity index (χ2n) is 4.20. The Kier molecular flexibility index (Phi) is 4.94. The molecule has 0 aliphatic carbocycles. The number of ether oxygens (including phenoxy) is 1. The van der Waals surface area contributed by atoms with Gasteiger partial charge in [0.1, 0.15) is 5.70 Å². The maximum absolute atomic E-state index is 12.4. The molecule has 1 aromatic rings. The van der Waals surface area contributed by atoms with Crippen LogP contribution in [-0.4, -0.2) is 41.6 Å². The van der Waals surface area contributed by atoms with Gasteiger partial charge in [-0.15, -0.1) is 0 Å². The number of nitrogens with zero attached hydrogens (tertiary/aromatic N) is 1. The Balaban J connectivity index is 2.25. The molecule has 118 valence electrons. The molecule has 2 N–H and O–H groups in total. The van der Waals surface area contributed by atoms with Crippen LogP contribution in [0.5, 0.6) is 5.75 Å². The molecule has 22 heavy (non-hydrogen) atoms. The lowest BCUT2D eigenvalue weighted by atomic mass is 10.2. The van der Waals surface area contributed by atoms with Crippen molar-refractivity contribution in [1.29, 1.82) is 0 Å². The number of nitrogens with one attached hydrogen (secondary N) is 1. The van der Waals surface area contributed by atoms with Crippen LogP contribution in [0.25, 0.3) is 0 Å². The molecule has 1 aliphatic rings. The van der Waals surface area contributed by atoms with Crippen LogP contribution < -0.4 is 10.1 Å². The molecule has 0 fully saturated rings. The minimum atomic E-state index is -3.10. The number of aliphatic hydroxyl groups excluding tert-OH is 1. The van der Waals surface area contributed by atoms with E-state index < -0.39 is 18.4 Å². The molecule has 0 atom stereocenters. The molecule has 9 heteroatoms. The molecule has 0 aromatic heterocycles. The third kappa shape index (κ3) is 3.34. The highest BCUT2D eigenvalue weighted by molar-refractivity contribution is 6.32. The van der Waals surface area contributed by atoms with Gasteiger partial charge >= 0.3 is 6.61 Å². The molecule has 6 nitrogen and oxygen atoms in total. The first kappa shape index (κ1) is 16.2. The van der Waals surface area contributed by atoms with Crippen LogP contribution in [0.15, 0.2) is 30.0 Å². The number of β-amino-alcohol motifs (C(OH)–C–C–N with tert-alkyl or cyclic N) is 1. The second-order valence-corrected chi connectivity index (χ2v) is 4.60. The van der Waals surface area contributed by atoms with Gasteiger partial charge in [-0.2, -0.15) is 8.78 Å². The van der Waals surface area contributed by atoms with Crippen molar-refractivity contribution in [1.82, 2.24) is 4.90 Å². The van der Waals surface area contributed by atoms with Crippen LogP contribution in [0.4, 0.5) is 14.5 Å². The van der Waals surface area contributed by atoms with Gasteiger partial charge in [0, 0.05) is 6.08 Å². The quantitative estimate of drug-likeness (QED) is 0.774. The molecule has 1 aliphatic heterocycles. The smallest absolute Gasteiger partial charge is 0.387 e. The molecule has 1 heterocycles. The van der Waals surface area contributed by atoms with E-state index in [0.29, 0.717) is 0 Å². The van der Waals surface area contributed by atoms with Crippen LogP contribution in [0.3, 0.4) is 0 Å². The van der Waals surface area contributed by atoms with Gasteiger partial charge in [0.2, 0.25) is 0 Å². The van der Waals surface area contributed by atoms with E-state index in [0.717, 1.165) is 11.0 Å². The largest absolute Gasteiger partial charge is 0.431 e. The van der Waals surface area contributed by atoms with E-state index >= 15 is 0 Å². The number of anilines is 1. The van der Waals surface area contributed by atoms with Crippen molar-refractivity contribution in [3.63, 3.8) is 0 Å². The average Bonchev–Trinajstić information content (AvgIpc) is 2.70. The van der Waals surface area contributed by atoms with E-state index in [1.807, 2.05) is 0 Å². The summed E-state index contributed by atoms with van der Waals surface area (Å²) < 4.78 is 29.1. The lowest BCUT2D eigenvalue weighted by molar-refractivity contribution is -0.137. The number of hydrogen-bond acceptors (Lipinski definition) is 5. The summed E-state index contributed by atoms with van der Waals surface area (Å²) in [5, 5.41) is 11.3. The lowest BCUT2D eigenvalue weighted by Gasteiger charge is -2.16. The van der Waals surface area contributed by atoms with Crippen molar-refractivity contribution < 1.29 is 28.2 Å². The summed E-state index contributed by atoms with van der Waals surface area (Å²) >= 11 is 5.79. The number of aliphatic hydroxyl groups is 1. The molecule has 1 aromatic carbocycles. The fourth-order valence-electron chi connectivity index (χ4n) is 1.87. The number of rotatable bonds is 6. The van der Waals surface area contributed by atoms with E-state index in [9.17, 15) is 18.4 Å². The SMILES string of the molecule is O=C1C=C(Nc2cccc(Cl)c2OC(F)F)C(=O)N1CCO. The number of amides is 2. The van der Waals surface area contributed by atoms with Gasteiger partial charge in [-0.1, -0.05) is 17.7 Å². The van der Waals surface area contributed by atoms with E-state index in [4.69, 9.17) is 16.7 Å². The van der Waals surface area contributed by atoms with E-state index in [1.54, 1.807) is 0 Å². The first-order valence-corrected chi connectivity index (χ1v) is 6.50. The average molecular weight is 333 g/mol. The van der Waals surface area contributed by atoms with Gasteiger partial charge in [-0.25, -0.2) is 0 Å². The van der Waals surface area contributed by atoms with Gasteiger partial charge < -0.3 is 15.2 Å². The zero-order valence-electron chi connectivity index (χ0n) is 11.1. The molecule has 2 rings (SSSR count). The highest BCUT2D eigenvalue weighted by Crippen LogP contribution is 2.35. The number of carbonyl (C=O) groups excluding carboxylic acids is 2. The topological polar surface area (TPSA) is 78.9 Å². The number of benzene rings is 1. The third-order valence-electron chi connectivity index (χ3n) is 2.78. The Labute approximate surface area is 128 Å². The Morgan fingerprint density at radius 1 is 1.36 bits per heavy atom. The van der Waals surface area contributed by atoms with Crippen LogP contribution in [0, 0.1) is 0 Å². The minimum absolute atomic E-state index is 0.0195. The lowest BCUT2D eigenvalue weighted by Crippen LogP contribution is -2.34. The molecule has 0 spiro atoms. The fraction of sp³-hybridized carbons (Fsp3) is 0.231. The Bertz CT molecular complexity index is 636. The van der Waals surface area contributed by atoms with Gasteiger partial charge in [0.05, 0.1) is 23.9 Å². The maximum atomic E-state index is 12.4. The monoisotopic (exact) mass is 332 g/mol. The summed E-state index contributed by atoms with van der Waals surface area (Å²) in [4.78, 5) is 24.4. The number of halogens is 3. The fourth-order valence-corrected chi connectivity index (χ4v) is 2.09. The van der Waals surface area contributed by atoms with E-state index in [-0.39, 0.29) is 35.3 Å². The van der Waals surface area contributed by atoms with Gasteiger partial charge in [-0.05, 0) is 12.1 Å². The van der Waals surface area contributed by atoms with Crippen molar-refractivity contribution in [2.45, 2.75) is 6.61 Å². The third-order valence-corrected chi connectivity index (χ3v) is 3.07. The standard InChI is InChI=1S/C13H11ClF2N2O4/c14-7-2-1-3-8(11(7)22-13(15)16)17-9-6-10(20)18(4-5-19)12(9)21/h1-3,6,13,17,19H,4-5H2. The molecular formula is C13H11ClF2N2O4. The van der Waals surface area contributed by atoms with E-state index in [1.165, 1.54) is 18.2 Å². The normalized spacial score (nSPS) is 14.6. The Morgan fingerprint density at radius 2 is 2.09 bits per heavy atom. The minimum Gasteiger partial charge on any atom is -0.431 e. The van der Waals surface area contributed by atoms with Crippen molar-refractivity contribution in [2.75, 3.05) is 18.5 Å². The summed E-state index contributed by atoms with van der Waals surface area (Å²) in [6.07, 6.45) is 1.01. The number of carbonyl (C=O) groups is 2. The van der Waals surface area contributed by atoms with Crippen molar-refractivity contribution >= 4 is 29.1 Å². The second kappa shape index (κ2) is 6.71. The molecule has 0 unspecified atom stereocenters. The molecule has 2 amide bonds. The first-order chi connectivity index (χ1) is 10.4. The van der Waals surface area contributed by atoms with Gasteiger partial charge in [-0.3, -0.25) is 14.5 Å². The van der Waals surface area contributed by atoms with Crippen LogP contribution in [0.1, 0.15) is 0 Å². The summed E-state index contributed by atoms with van der Waals surface area (Å²) in [6.45, 7) is -3.63. The number of hydrogen-bond donors (Lipinski definition) is 2. The highest BCUT2D eigenvalue weighted by atomic mass is 35.5. The van der Waals surface area contributed by atoms with Crippen LogP contribution in [0.2, 0.25) is 5.02 Å². The predicted molar refractivity (Wildman–Crippen MR) is 73.6 cm³/mol. The summed E-state index contributed by atoms with van der Waals surface area (Å²) in [5.74, 6) is -1.62. The van der Waals surface area contributed by atoms with E-state index in [2.05, 4.69) is 10.1 Å². The van der Waals surface area contributed by atoms with Gasteiger partial charge in [0.15, 0.2) is 5.75 Å². The van der Waals surface area contributed by atoms with Gasteiger partial charge in [0.25, 0.3) is 11.8 Å². The summed E-state index contributed by atoms with van der Waals surface area (Å²) in [5.41, 5.74) is -0.106. The van der Waals surface area contributed by atoms with Crippen molar-refractivity contribution in [2.24, 2.45) is 0 Å².